The molecule has 12 heavy (non-hydrogen) atoms. The third-order valence-electron chi connectivity index (χ3n) is 0.814. The quantitative estimate of drug-likeness (QED) is 0.328. The first-order valence-corrected chi connectivity index (χ1v) is 3.23. The molecular formula is C6H11NO5. The van der Waals surface area contributed by atoms with E-state index in [1.54, 1.807) is 0 Å². The number of carbonyl (C=O) groups excluding carboxylic acids is 2. The van der Waals surface area contributed by atoms with Crippen LogP contribution in [0.5, 0.6) is 0 Å². The van der Waals surface area contributed by atoms with Gasteiger partial charge < -0.3 is 19.9 Å². The van der Waals surface area contributed by atoms with Gasteiger partial charge in [0, 0.05) is 6.92 Å². The standard InChI is InChI=1S/C6H11NO5/c1-5(8)11-2-6(9)12-4-10-3-7/h2-4,7H2,1H3. The van der Waals surface area contributed by atoms with Crippen molar-refractivity contribution in [2.24, 2.45) is 5.73 Å². The van der Waals surface area contributed by atoms with Gasteiger partial charge in [0.05, 0.1) is 6.73 Å². The van der Waals surface area contributed by atoms with Crippen molar-refractivity contribution < 1.29 is 23.8 Å². The molecular weight excluding hydrogens is 166 g/mol. The van der Waals surface area contributed by atoms with Crippen LogP contribution >= 0.6 is 0 Å². The van der Waals surface area contributed by atoms with E-state index in [-0.39, 0.29) is 13.5 Å². The predicted molar refractivity (Wildman–Crippen MR) is 37.7 cm³/mol. The molecule has 0 fully saturated rings. The molecule has 0 aromatic carbocycles. The summed E-state index contributed by atoms with van der Waals surface area (Å²) in [5.74, 6) is -1.20. The zero-order valence-electron chi connectivity index (χ0n) is 6.74. The van der Waals surface area contributed by atoms with Crippen molar-refractivity contribution >= 4 is 11.9 Å². The van der Waals surface area contributed by atoms with Gasteiger partial charge in [-0.25, -0.2) is 4.79 Å². The van der Waals surface area contributed by atoms with Crippen molar-refractivity contribution in [3.8, 4) is 0 Å². The maximum Gasteiger partial charge on any atom is 0.346 e. The summed E-state index contributed by atoms with van der Waals surface area (Å²) in [5, 5.41) is 0. The summed E-state index contributed by atoms with van der Waals surface area (Å²) >= 11 is 0. The zero-order chi connectivity index (χ0) is 9.40. The van der Waals surface area contributed by atoms with Crippen molar-refractivity contribution in [1.82, 2.24) is 0 Å². The van der Waals surface area contributed by atoms with Gasteiger partial charge in [0.2, 0.25) is 0 Å². The Morgan fingerprint density at radius 3 is 2.50 bits per heavy atom. The fraction of sp³-hybridized carbons (Fsp3) is 0.667. The zero-order valence-corrected chi connectivity index (χ0v) is 6.74. The van der Waals surface area contributed by atoms with E-state index in [4.69, 9.17) is 5.73 Å². The minimum atomic E-state index is -0.668. The number of hydrogen-bond donors (Lipinski definition) is 1. The number of nitrogens with two attached hydrogens (primary N) is 1. The van der Waals surface area contributed by atoms with Gasteiger partial charge in [-0.05, 0) is 0 Å². The molecule has 0 rings (SSSR count). The Morgan fingerprint density at radius 2 is 2.00 bits per heavy atom. The minimum Gasteiger partial charge on any atom is -0.454 e. The van der Waals surface area contributed by atoms with Crippen LogP contribution in [0.1, 0.15) is 6.92 Å². The van der Waals surface area contributed by atoms with Crippen molar-refractivity contribution in [3.63, 3.8) is 0 Å². The molecule has 0 saturated carbocycles. The first-order valence-electron chi connectivity index (χ1n) is 3.23. The van der Waals surface area contributed by atoms with Crippen LogP contribution in [-0.2, 0) is 23.8 Å². The molecule has 0 saturated heterocycles. The number of rotatable bonds is 5. The second kappa shape index (κ2) is 6.56. The van der Waals surface area contributed by atoms with Crippen LogP contribution in [0.2, 0.25) is 0 Å². The summed E-state index contributed by atoms with van der Waals surface area (Å²) in [6, 6.07) is 0. The summed E-state index contributed by atoms with van der Waals surface area (Å²) in [6.45, 7) is 0.546. The van der Waals surface area contributed by atoms with E-state index >= 15 is 0 Å². The minimum absolute atomic E-state index is 0.0269. The lowest BCUT2D eigenvalue weighted by Crippen LogP contribution is -2.17. The lowest BCUT2D eigenvalue weighted by Gasteiger charge is -2.03. The number of carbonyl (C=O) groups is 2. The van der Waals surface area contributed by atoms with E-state index in [9.17, 15) is 9.59 Å². The lowest BCUT2D eigenvalue weighted by atomic mass is 10.7. The van der Waals surface area contributed by atoms with Crippen LogP contribution < -0.4 is 5.73 Å². The predicted octanol–water partition coefficient (Wildman–Crippen LogP) is -1.02. The Morgan fingerprint density at radius 1 is 1.33 bits per heavy atom. The molecule has 0 aromatic rings. The molecule has 70 valence electrons. The average Bonchev–Trinajstić information content (AvgIpc) is 2.01. The van der Waals surface area contributed by atoms with E-state index in [2.05, 4.69) is 14.2 Å². The van der Waals surface area contributed by atoms with Crippen molar-refractivity contribution in [1.29, 1.82) is 0 Å². The highest BCUT2D eigenvalue weighted by Gasteiger charge is 2.03. The summed E-state index contributed by atoms with van der Waals surface area (Å²) in [5.41, 5.74) is 4.94. The third kappa shape index (κ3) is 6.97. The normalized spacial score (nSPS) is 9.17. The maximum atomic E-state index is 10.6. The van der Waals surface area contributed by atoms with Crippen molar-refractivity contribution in [2.45, 2.75) is 6.92 Å². The Balaban J connectivity index is 3.28. The summed E-state index contributed by atoms with van der Waals surface area (Å²) < 4.78 is 13.3. The fourth-order valence-corrected chi connectivity index (χ4v) is 0.358. The van der Waals surface area contributed by atoms with Gasteiger partial charge in [0.1, 0.15) is 0 Å². The Kier molecular flexibility index (Phi) is 5.94. The number of hydrogen-bond acceptors (Lipinski definition) is 6. The molecule has 6 heteroatoms. The average molecular weight is 177 g/mol. The molecule has 0 aromatic heterocycles. The molecule has 0 amide bonds. The van der Waals surface area contributed by atoms with Gasteiger partial charge in [-0.3, -0.25) is 4.79 Å². The number of esters is 2. The maximum absolute atomic E-state index is 10.6. The van der Waals surface area contributed by atoms with Crippen LogP contribution in [0.3, 0.4) is 0 Å². The molecule has 2 N–H and O–H groups in total. The Bertz CT molecular complexity index is 158. The second-order valence-electron chi connectivity index (χ2n) is 1.79. The van der Waals surface area contributed by atoms with Crippen molar-refractivity contribution in [2.75, 3.05) is 20.1 Å². The Labute approximate surface area is 69.6 Å². The Hall–Kier alpha value is -1.14. The van der Waals surface area contributed by atoms with E-state index < -0.39 is 18.5 Å². The van der Waals surface area contributed by atoms with Crippen LogP contribution in [0, 0.1) is 0 Å². The highest BCUT2D eigenvalue weighted by Crippen LogP contribution is 1.82. The third-order valence-corrected chi connectivity index (χ3v) is 0.814. The molecule has 0 radical (unpaired) electrons. The summed E-state index contributed by atoms with van der Waals surface area (Å²) in [4.78, 5) is 20.8. The molecule has 0 aliphatic rings. The van der Waals surface area contributed by atoms with Gasteiger partial charge in [-0.1, -0.05) is 0 Å². The van der Waals surface area contributed by atoms with Gasteiger partial charge in [-0.2, -0.15) is 0 Å². The molecule has 0 bridgehead atoms. The van der Waals surface area contributed by atoms with Gasteiger partial charge in [0.25, 0.3) is 0 Å². The van der Waals surface area contributed by atoms with E-state index in [1.165, 1.54) is 6.92 Å². The molecule has 0 atom stereocenters. The number of ether oxygens (including phenoxy) is 3. The summed E-state index contributed by atoms with van der Waals surface area (Å²) in [7, 11) is 0. The highest BCUT2D eigenvalue weighted by molar-refractivity contribution is 5.75. The molecule has 0 aliphatic heterocycles. The lowest BCUT2D eigenvalue weighted by molar-refractivity contribution is -0.166. The van der Waals surface area contributed by atoms with Gasteiger partial charge in [-0.15, -0.1) is 0 Å². The first-order chi connectivity index (χ1) is 5.66. The fourth-order valence-electron chi connectivity index (χ4n) is 0.358. The monoisotopic (exact) mass is 177 g/mol. The van der Waals surface area contributed by atoms with Crippen LogP contribution in [0.15, 0.2) is 0 Å². The molecule has 0 spiro atoms. The van der Waals surface area contributed by atoms with E-state index in [0.29, 0.717) is 0 Å². The summed E-state index contributed by atoms with van der Waals surface area (Å²) in [6.07, 6.45) is 0. The van der Waals surface area contributed by atoms with Crippen LogP contribution in [0.4, 0.5) is 0 Å². The first kappa shape index (κ1) is 10.9. The van der Waals surface area contributed by atoms with Gasteiger partial charge in [0.15, 0.2) is 13.4 Å². The molecule has 0 unspecified atom stereocenters. The molecule has 0 aliphatic carbocycles. The SMILES string of the molecule is CC(=O)OCC(=O)OCOCN. The smallest absolute Gasteiger partial charge is 0.346 e. The van der Waals surface area contributed by atoms with Crippen molar-refractivity contribution in [3.05, 3.63) is 0 Å². The highest BCUT2D eigenvalue weighted by atomic mass is 16.7. The molecule has 0 heterocycles. The molecule has 6 nitrogen and oxygen atoms in total. The van der Waals surface area contributed by atoms with E-state index in [1.807, 2.05) is 0 Å². The van der Waals surface area contributed by atoms with Crippen LogP contribution in [-0.4, -0.2) is 32.1 Å². The topological polar surface area (TPSA) is 87.9 Å². The van der Waals surface area contributed by atoms with Crippen LogP contribution in [0.25, 0.3) is 0 Å². The second-order valence-corrected chi connectivity index (χ2v) is 1.79. The van der Waals surface area contributed by atoms with Gasteiger partial charge >= 0.3 is 11.9 Å². The largest absolute Gasteiger partial charge is 0.454 e. The van der Waals surface area contributed by atoms with E-state index in [0.717, 1.165) is 0 Å².